The predicted octanol–water partition coefficient (Wildman–Crippen LogP) is 4.42. The number of para-hydroxylation sites is 1. The molecule has 0 fully saturated rings. The summed E-state index contributed by atoms with van der Waals surface area (Å²) in [6.45, 7) is -0.172. The van der Waals surface area contributed by atoms with Gasteiger partial charge in [-0.3, -0.25) is 4.98 Å². The molecule has 0 aliphatic heterocycles. The van der Waals surface area contributed by atoms with Gasteiger partial charge in [0.05, 0.1) is 22.3 Å². The average molecular weight is 348 g/mol. The maximum Gasteiger partial charge on any atom is 0.138 e. The van der Waals surface area contributed by atoms with Crippen LogP contribution in [0.5, 0.6) is 11.5 Å². The molecule has 0 saturated carbocycles. The molecule has 0 aliphatic rings. The first-order chi connectivity index (χ1) is 10.2. The number of rotatable bonds is 3. The van der Waals surface area contributed by atoms with E-state index in [0.717, 1.165) is 10.9 Å². The fraction of sp³-hybridized carbons (Fsp3) is 0.0625. The van der Waals surface area contributed by atoms with Crippen LogP contribution in [-0.4, -0.2) is 10.1 Å². The Morgan fingerprint density at radius 1 is 1.14 bits per heavy atom. The number of hydrogen-bond donors (Lipinski definition) is 1. The van der Waals surface area contributed by atoms with E-state index in [1.165, 1.54) is 6.07 Å². The van der Waals surface area contributed by atoms with E-state index >= 15 is 0 Å². The van der Waals surface area contributed by atoms with E-state index in [1.54, 1.807) is 18.2 Å². The van der Waals surface area contributed by atoms with E-state index in [1.807, 2.05) is 24.3 Å². The van der Waals surface area contributed by atoms with Crippen molar-refractivity contribution in [3.8, 4) is 11.5 Å². The highest BCUT2D eigenvalue weighted by Crippen LogP contribution is 2.31. The molecule has 0 bridgehead atoms. The smallest absolute Gasteiger partial charge is 0.138 e. The molecule has 3 nitrogen and oxygen atoms in total. The second-order valence-corrected chi connectivity index (χ2v) is 5.32. The van der Waals surface area contributed by atoms with Gasteiger partial charge >= 0.3 is 0 Å². The molecule has 0 amide bonds. The first-order valence-electron chi connectivity index (χ1n) is 6.30. The van der Waals surface area contributed by atoms with Gasteiger partial charge in [0.2, 0.25) is 0 Å². The van der Waals surface area contributed by atoms with E-state index < -0.39 is 0 Å². The van der Waals surface area contributed by atoms with Crippen LogP contribution in [0.25, 0.3) is 10.9 Å². The van der Waals surface area contributed by atoms with Crippen LogP contribution in [0.3, 0.4) is 0 Å². The molecule has 0 radical (unpaired) electrons. The van der Waals surface area contributed by atoms with Crippen molar-refractivity contribution in [3.63, 3.8) is 0 Å². The summed E-state index contributed by atoms with van der Waals surface area (Å²) in [7, 11) is 0. The molecule has 5 heteroatoms. The number of aliphatic hydroxyl groups excluding tert-OH is 1. The number of benzene rings is 2. The summed E-state index contributed by atoms with van der Waals surface area (Å²) >= 11 is 3.13. The molecule has 106 valence electrons. The van der Waals surface area contributed by atoms with E-state index in [2.05, 4.69) is 20.9 Å². The van der Waals surface area contributed by atoms with E-state index in [0.29, 0.717) is 21.7 Å². The number of nitrogens with zero attached hydrogens (tertiary/aromatic N) is 1. The lowest BCUT2D eigenvalue weighted by Crippen LogP contribution is -1.94. The van der Waals surface area contributed by atoms with Crippen LogP contribution in [-0.2, 0) is 6.61 Å². The van der Waals surface area contributed by atoms with Crippen molar-refractivity contribution in [2.75, 3.05) is 0 Å². The third-order valence-electron chi connectivity index (χ3n) is 3.01. The fourth-order valence-corrected chi connectivity index (χ4v) is 2.39. The molecule has 2 aromatic carbocycles. The Morgan fingerprint density at radius 3 is 2.71 bits per heavy atom. The van der Waals surface area contributed by atoms with Crippen LogP contribution in [0.15, 0.2) is 53.0 Å². The second-order valence-electron chi connectivity index (χ2n) is 4.46. The summed E-state index contributed by atoms with van der Waals surface area (Å²) < 4.78 is 19.4. The lowest BCUT2D eigenvalue weighted by atomic mass is 10.2. The number of fused-ring (bicyclic) bond motifs is 1. The normalized spacial score (nSPS) is 10.8. The topological polar surface area (TPSA) is 42.4 Å². The van der Waals surface area contributed by atoms with Gasteiger partial charge in [-0.25, -0.2) is 4.39 Å². The van der Waals surface area contributed by atoms with Gasteiger partial charge in [-0.15, -0.1) is 0 Å². The average Bonchev–Trinajstić information content (AvgIpc) is 2.51. The number of hydrogen-bond acceptors (Lipinski definition) is 3. The number of aliphatic hydroxyl groups is 1. The van der Waals surface area contributed by atoms with Gasteiger partial charge in [0.1, 0.15) is 17.3 Å². The van der Waals surface area contributed by atoms with Crippen LogP contribution >= 0.6 is 15.9 Å². The molecule has 0 atom stereocenters. The highest BCUT2D eigenvalue weighted by Gasteiger charge is 2.09. The minimum absolute atomic E-state index is 0.172. The summed E-state index contributed by atoms with van der Waals surface area (Å²) in [5.41, 5.74) is 1.25. The Morgan fingerprint density at radius 2 is 1.95 bits per heavy atom. The van der Waals surface area contributed by atoms with E-state index in [-0.39, 0.29) is 12.4 Å². The molecule has 1 aromatic heterocycles. The molecule has 3 rings (SSSR count). The molecule has 0 spiro atoms. The molecule has 21 heavy (non-hydrogen) atoms. The Hall–Kier alpha value is -1.98. The first kappa shape index (κ1) is 14.0. The van der Waals surface area contributed by atoms with Crippen molar-refractivity contribution in [3.05, 3.63) is 64.5 Å². The zero-order valence-corrected chi connectivity index (χ0v) is 12.5. The first-order valence-corrected chi connectivity index (χ1v) is 7.09. The van der Waals surface area contributed by atoms with Crippen molar-refractivity contribution < 1.29 is 14.2 Å². The third kappa shape index (κ3) is 2.89. The maximum atomic E-state index is 13.3. The highest BCUT2D eigenvalue weighted by molar-refractivity contribution is 9.10. The van der Waals surface area contributed by atoms with Crippen LogP contribution in [0.1, 0.15) is 5.69 Å². The maximum absolute atomic E-state index is 13.3. The summed E-state index contributed by atoms with van der Waals surface area (Å²) in [4.78, 5) is 4.33. The lowest BCUT2D eigenvalue weighted by molar-refractivity contribution is 0.277. The van der Waals surface area contributed by atoms with Crippen LogP contribution in [0.2, 0.25) is 0 Å². The molecule has 0 saturated heterocycles. The van der Waals surface area contributed by atoms with Crippen molar-refractivity contribution in [1.82, 2.24) is 4.98 Å². The molecule has 0 unspecified atom stereocenters. The summed E-state index contributed by atoms with van der Waals surface area (Å²) in [5.74, 6) is 0.727. The largest absolute Gasteiger partial charge is 0.457 e. The minimum Gasteiger partial charge on any atom is -0.457 e. The van der Waals surface area contributed by atoms with Crippen molar-refractivity contribution in [1.29, 1.82) is 0 Å². The summed E-state index contributed by atoms with van der Waals surface area (Å²) in [5, 5.41) is 10.1. The standard InChI is InChI=1S/C16H11BrFNO2/c17-13-8-11(5-6-14(13)18)21-16-7-10(9-20)19-15-4-2-1-3-12(15)16/h1-8,20H,9H2. The van der Waals surface area contributed by atoms with Gasteiger partial charge in [-0.05, 0) is 46.3 Å². The molecule has 1 heterocycles. The third-order valence-corrected chi connectivity index (χ3v) is 3.62. The van der Waals surface area contributed by atoms with Gasteiger partial charge in [0, 0.05) is 11.5 Å². The Labute approximate surface area is 129 Å². The quantitative estimate of drug-likeness (QED) is 0.762. The predicted molar refractivity (Wildman–Crippen MR) is 81.8 cm³/mol. The minimum atomic E-state index is -0.349. The van der Waals surface area contributed by atoms with Crippen molar-refractivity contribution in [2.45, 2.75) is 6.61 Å². The number of pyridine rings is 1. The Kier molecular flexibility index (Phi) is 3.86. The SMILES string of the molecule is OCc1cc(Oc2ccc(F)c(Br)c2)c2ccccc2n1. The zero-order chi connectivity index (χ0) is 14.8. The molecule has 0 aliphatic carbocycles. The second kappa shape index (κ2) is 5.79. The number of ether oxygens (including phenoxy) is 1. The number of aromatic nitrogens is 1. The van der Waals surface area contributed by atoms with Gasteiger partial charge < -0.3 is 9.84 Å². The molecular weight excluding hydrogens is 337 g/mol. The molecule has 3 aromatic rings. The fourth-order valence-electron chi connectivity index (χ4n) is 2.03. The number of halogens is 2. The summed E-state index contributed by atoms with van der Waals surface area (Å²) in [6.07, 6.45) is 0. The van der Waals surface area contributed by atoms with Crippen LogP contribution in [0.4, 0.5) is 4.39 Å². The molecular formula is C16H11BrFNO2. The van der Waals surface area contributed by atoms with E-state index in [4.69, 9.17) is 4.74 Å². The van der Waals surface area contributed by atoms with Crippen LogP contribution in [0, 0.1) is 5.82 Å². The van der Waals surface area contributed by atoms with Gasteiger partial charge in [0.25, 0.3) is 0 Å². The van der Waals surface area contributed by atoms with E-state index in [9.17, 15) is 9.50 Å². The van der Waals surface area contributed by atoms with Crippen LogP contribution < -0.4 is 4.74 Å². The molecule has 1 N–H and O–H groups in total. The highest BCUT2D eigenvalue weighted by atomic mass is 79.9. The Balaban J connectivity index is 2.08. The summed E-state index contributed by atoms with van der Waals surface area (Å²) in [6, 6.07) is 13.6. The van der Waals surface area contributed by atoms with Gasteiger partial charge in [-0.1, -0.05) is 12.1 Å². The van der Waals surface area contributed by atoms with Gasteiger partial charge in [0.15, 0.2) is 0 Å². The van der Waals surface area contributed by atoms with Crippen molar-refractivity contribution in [2.24, 2.45) is 0 Å². The Bertz CT molecular complexity index is 807. The zero-order valence-electron chi connectivity index (χ0n) is 10.9. The van der Waals surface area contributed by atoms with Gasteiger partial charge in [-0.2, -0.15) is 0 Å². The monoisotopic (exact) mass is 347 g/mol. The lowest BCUT2D eigenvalue weighted by Gasteiger charge is -2.11. The van der Waals surface area contributed by atoms with Crippen molar-refractivity contribution >= 4 is 26.8 Å².